The van der Waals surface area contributed by atoms with Crippen LogP contribution in [-0.2, 0) is 0 Å². The van der Waals surface area contributed by atoms with Gasteiger partial charge in [0.2, 0.25) is 0 Å². The number of hydrogen-bond acceptors (Lipinski definition) is 2. The van der Waals surface area contributed by atoms with Crippen LogP contribution in [0.5, 0.6) is 5.75 Å². The van der Waals surface area contributed by atoms with Crippen molar-refractivity contribution < 1.29 is 4.74 Å². The zero-order valence-electron chi connectivity index (χ0n) is 11.6. The highest BCUT2D eigenvalue weighted by atomic mass is 16.5. The molecule has 1 aliphatic carbocycles. The van der Waals surface area contributed by atoms with Crippen molar-refractivity contribution >= 4 is 0 Å². The number of rotatable bonds is 6. The SMILES string of the molecule is CC(C)c1cccc(OCCNC2CCCC2)c1. The average Bonchev–Trinajstić information content (AvgIpc) is 2.88. The molecule has 0 spiro atoms. The molecule has 0 heterocycles. The van der Waals surface area contributed by atoms with Gasteiger partial charge in [0, 0.05) is 12.6 Å². The van der Waals surface area contributed by atoms with Crippen molar-refractivity contribution in [1.29, 1.82) is 0 Å². The van der Waals surface area contributed by atoms with Gasteiger partial charge < -0.3 is 10.1 Å². The van der Waals surface area contributed by atoms with E-state index in [9.17, 15) is 0 Å². The Morgan fingerprint density at radius 2 is 2.06 bits per heavy atom. The summed E-state index contributed by atoms with van der Waals surface area (Å²) in [6.45, 7) is 6.14. The summed E-state index contributed by atoms with van der Waals surface area (Å²) >= 11 is 0. The molecule has 0 bridgehead atoms. The first kappa shape index (κ1) is 13.4. The molecule has 0 aliphatic heterocycles. The molecule has 1 fully saturated rings. The lowest BCUT2D eigenvalue weighted by molar-refractivity contribution is 0.305. The first-order valence-corrected chi connectivity index (χ1v) is 7.22. The molecule has 1 saturated carbocycles. The second-order valence-electron chi connectivity index (χ2n) is 5.51. The van der Waals surface area contributed by atoms with Crippen LogP contribution < -0.4 is 10.1 Å². The van der Waals surface area contributed by atoms with E-state index in [4.69, 9.17) is 4.74 Å². The largest absolute Gasteiger partial charge is 0.492 e. The topological polar surface area (TPSA) is 21.3 Å². The second-order valence-corrected chi connectivity index (χ2v) is 5.51. The summed E-state index contributed by atoms with van der Waals surface area (Å²) < 4.78 is 5.79. The van der Waals surface area contributed by atoms with Crippen LogP contribution in [0, 0.1) is 0 Å². The highest BCUT2D eigenvalue weighted by molar-refractivity contribution is 5.30. The van der Waals surface area contributed by atoms with E-state index >= 15 is 0 Å². The maximum atomic E-state index is 5.79. The summed E-state index contributed by atoms with van der Waals surface area (Å²) in [5, 5.41) is 3.56. The third-order valence-electron chi connectivity index (χ3n) is 3.68. The maximum Gasteiger partial charge on any atom is 0.119 e. The van der Waals surface area contributed by atoms with Gasteiger partial charge in [-0.2, -0.15) is 0 Å². The Morgan fingerprint density at radius 3 is 2.78 bits per heavy atom. The Hall–Kier alpha value is -1.02. The van der Waals surface area contributed by atoms with Crippen LogP contribution in [0.4, 0.5) is 0 Å². The Balaban J connectivity index is 1.70. The monoisotopic (exact) mass is 247 g/mol. The maximum absolute atomic E-state index is 5.79. The standard InChI is InChI=1S/C16H25NO/c1-13(2)14-6-5-9-16(12-14)18-11-10-17-15-7-3-4-8-15/h5-6,9,12-13,15,17H,3-4,7-8,10-11H2,1-2H3. The van der Waals surface area contributed by atoms with Crippen LogP contribution in [0.25, 0.3) is 0 Å². The summed E-state index contributed by atoms with van der Waals surface area (Å²) in [6, 6.07) is 9.17. The zero-order chi connectivity index (χ0) is 12.8. The van der Waals surface area contributed by atoms with Gasteiger partial charge in [-0.3, -0.25) is 0 Å². The minimum absolute atomic E-state index is 0.560. The minimum Gasteiger partial charge on any atom is -0.492 e. The molecule has 2 nitrogen and oxygen atoms in total. The lowest BCUT2D eigenvalue weighted by atomic mass is 10.0. The van der Waals surface area contributed by atoms with Crippen molar-refractivity contribution in [3.8, 4) is 5.75 Å². The smallest absolute Gasteiger partial charge is 0.119 e. The Bertz CT molecular complexity index is 356. The van der Waals surface area contributed by atoms with E-state index in [0.29, 0.717) is 5.92 Å². The molecule has 1 aromatic carbocycles. The molecule has 2 rings (SSSR count). The molecule has 0 unspecified atom stereocenters. The first-order valence-electron chi connectivity index (χ1n) is 7.22. The quantitative estimate of drug-likeness (QED) is 0.774. The molecule has 0 atom stereocenters. The van der Waals surface area contributed by atoms with Crippen molar-refractivity contribution in [3.63, 3.8) is 0 Å². The van der Waals surface area contributed by atoms with E-state index in [-0.39, 0.29) is 0 Å². The van der Waals surface area contributed by atoms with Gasteiger partial charge in [0.1, 0.15) is 12.4 Å². The minimum atomic E-state index is 0.560. The van der Waals surface area contributed by atoms with Gasteiger partial charge in [-0.15, -0.1) is 0 Å². The van der Waals surface area contributed by atoms with Crippen molar-refractivity contribution in [2.75, 3.05) is 13.2 Å². The van der Waals surface area contributed by atoms with E-state index in [1.165, 1.54) is 31.2 Å². The second kappa shape index (κ2) is 6.79. The fraction of sp³-hybridized carbons (Fsp3) is 0.625. The molecule has 1 aromatic rings. The van der Waals surface area contributed by atoms with Crippen molar-refractivity contribution in [3.05, 3.63) is 29.8 Å². The zero-order valence-corrected chi connectivity index (χ0v) is 11.6. The van der Waals surface area contributed by atoms with Crippen molar-refractivity contribution in [2.24, 2.45) is 0 Å². The molecule has 1 aliphatic rings. The molecule has 0 radical (unpaired) electrons. The van der Waals surface area contributed by atoms with E-state index in [1.807, 2.05) is 6.07 Å². The van der Waals surface area contributed by atoms with Gasteiger partial charge in [0.15, 0.2) is 0 Å². The summed E-state index contributed by atoms with van der Waals surface area (Å²) in [5.41, 5.74) is 1.34. The third-order valence-corrected chi connectivity index (χ3v) is 3.68. The number of nitrogens with one attached hydrogen (secondary N) is 1. The summed E-state index contributed by atoms with van der Waals surface area (Å²) in [7, 11) is 0. The molecule has 2 heteroatoms. The van der Waals surface area contributed by atoms with Crippen LogP contribution in [-0.4, -0.2) is 19.2 Å². The summed E-state index contributed by atoms with van der Waals surface area (Å²) in [5.74, 6) is 1.56. The predicted octanol–water partition coefficient (Wildman–Crippen LogP) is 3.72. The molecular formula is C16H25NO. The van der Waals surface area contributed by atoms with Crippen LogP contribution in [0.15, 0.2) is 24.3 Å². The van der Waals surface area contributed by atoms with E-state index < -0.39 is 0 Å². The molecule has 18 heavy (non-hydrogen) atoms. The Kier molecular flexibility index (Phi) is 5.06. The van der Waals surface area contributed by atoms with Crippen LogP contribution in [0.2, 0.25) is 0 Å². The van der Waals surface area contributed by atoms with Gasteiger partial charge in [0.05, 0.1) is 0 Å². The highest BCUT2D eigenvalue weighted by Crippen LogP contribution is 2.20. The average molecular weight is 247 g/mol. The summed E-state index contributed by atoms with van der Waals surface area (Å²) in [4.78, 5) is 0. The van der Waals surface area contributed by atoms with Gasteiger partial charge in [0.25, 0.3) is 0 Å². The summed E-state index contributed by atoms with van der Waals surface area (Å²) in [6.07, 6.45) is 5.44. The lowest BCUT2D eigenvalue weighted by Crippen LogP contribution is -2.30. The van der Waals surface area contributed by atoms with E-state index in [0.717, 1.165) is 24.9 Å². The molecule has 0 saturated heterocycles. The van der Waals surface area contributed by atoms with Gasteiger partial charge in [-0.05, 0) is 36.5 Å². The van der Waals surface area contributed by atoms with E-state index in [1.54, 1.807) is 0 Å². The van der Waals surface area contributed by atoms with Crippen molar-refractivity contribution in [2.45, 2.75) is 51.5 Å². The van der Waals surface area contributed by atoms with Gasteiger partial charge in [-0.1, -0.05) is 38.8 Å². The van der Waals surface area contributed by atoms with E-state index in [2.05, 4.69) is 37.4 Å². The van der Waals surface area contributed by atoms with Crippen LogP contribution in [0.1, 0.15) is 51.0 Å². The fourth-order valence-electron chi connectivity index (χ4n) is 2.53. The normalized spacial score (nSPS) is 16.4. The molecule has 1 N–H and O–H groups in total. The van der Waals surface area contributed by atoms with Crippen molar-refractivity contribution in [1.82, 2.24) is 5.32 Å². The molecule has 0 amide bonds. The Morgan fingerprint density at radius 1 is 1.28 bits per heavy atom. The lowest BCUT2D eigenvalue weighted by Gasteiger charge is -2.13. The van der Waals surface area contributed by atoms with Gasteiger partial charge in [-0.25, -0.2) is 0 Å². The van der Waals surface area contributed by atoms with Gasteiger partial charge >= 0.3 is 0 Å². The predicted molar refractivity (Wildman–Crippen MR) is 76.3 cm³/mol. The number of ether oxygens (including phenoxy) is 1. The molecule has 100 valence electrons. The fourth-order valence-corrected chi connectivity index (χ4v) is 2.53. The first-order chi connectivity index (χ1) is 8.75. The molecular weight excluding hydrogens is 222 g/mol. The highest BCUT2D eigenvalue weighted by Gasteiger charge is 2.13. The molecule has 0 aromatic heterocycles. The third kappa shape index (κ3) is 4.02. The number of benzene rings is 1. The van der Waals surface area contributed by atoms with Crippen LogP contribution >= 0.6 is 0 Å². The van der Waals surface area contributed by atoms with Crippen LogP contribution in [0.3, 0.4) is 0 Å². The Labute approximate surface area is 111 Å². The number of hydrogen-bond donors (Lipinski definition) is 1.